The first-order valence-electron chi connectivity index (χ1n) is 8.16. The maximum Gasteiger partial charge on any atom is 0.225 e. The van der Waals surface area contributed by atoms with Gasteiger partial charge < -0.3 is 10.0 Å². The lowest BCUT2D eigenvalue weighted by molar-refractivity contribution is -0.136. The fraction of sp³-hybridized carbons (Fsp3) is 0.611. The van der Waals surface area contributed by atoms with Crippen LogP contribution in [0.1, 0.15) is 63.5 Å². The minimum Gasteiger partial charge on any atom is -0.508 e. The third kappa shape index (κ3) is 3.99. The minimum atomic E-state index is -0.0934. The first kappa shape index (κ1) is 15.9. The van der Waals surface area contributed by atoms with E-state index in [0.29, 0.717) is 0 Å². The summed E-state index contributed by atoms with van der Waals surface area (Å²) in [5, 5.41) is 9.97. The van der Waals surface area contributed by atoms with Crippen molar-refractivity contribution in [1.29, 1.82) is 0 Å². The number of rotatable bonds is 3. The molecule has 0 saturated heterocycles. The Labute approximate surface area is 128 Å². The molecule has 116 valence electrons. The number of phenolic OH excluding ortho intramolecular Hbond substituents is 1. The van der Waals surface area contributed by atoms with Gasteiger partial charge in [-0.1, -0.05) is 50.3 Å². The Kier molecular flexibility index (Phi) is 5.66. The third-order valence-corrected chi connectivity index (χ3v) is 4.77. The highest BCUT2D eigenvalue weighted by Gasteiger charge is 2.26. The highest BCUT2D eigenvalue weighted by molar-refractivity contribution is 5.79. The minimum absolute atomic E-state index is 0.0934. The van der Waals surface area contributed by atoms with E-state index in [2.05, 4.69) is 0 Å². The van der Waals surface area contributed by atoms with Gasteiger partial charge >= 0.3 is 0 Å². The molecule has 1 atom stereocenters. The molecule has 1 N–H and O–H groups in total. The zero-order valence-electron chi connectivity index (χ0n) is 13.2. The summed E-state index contributed by atoms with van der Waals surface area (Å²) >= 11 is 0. The maximum absolute atomic E-state index is 12.7. The number of phenols is 1. The second-order valence-electron chi connectivity index (χ2n) is 6.23. The van der Waals surface area contributed by atoms with Crippen molar-refractivity contribution >= 4 is 5.91 Å². The normalized spacial score (nSPS) is 18.6. The quantitative estimate of drug-likeness (QED) is 0.902. The average molecular weight is 289 g/mol. The summed E-state index contributed by atoms with van der Waals surface area (Å²) in [6, 6.07) is 7.19. The first-order chi connectivity index (χ1) is 10.1. The molecule has 0 bridgehead atoms. The van der Waals surface area contributed by atoms with Crippen LogP contribution in [0.3, 0.4) is 0 Å². The molecule has 0 aliphatic heterocycles. The number of carbonyl (C=O) groups excluding carboxylic acids is 1. The second kappa shape index (κ2) is 7.48. The smallest absolute Gasteiger partial charge is 0.225 e. The molecule has 1 aromatic carbocycles. The van der Waals surface area contributed by atoms with Gasteiger partial charge in [0.15, 0.2) is 0 Å². The van der Waals surface area contributed by atoms with E-state index in [1.54, 1.807) is 11.0 Å². The van der Waals surface area contributed by atoms with Crippen molar-refractivity contribution in [3.8, 4) is 5.75 Å². The number of hydrogen-bond acceptors (Lipinski definition) is 2. The first-order valence-corrected chi connectivity index (χ1v) is 8.16. The molecular weight excluding hydrogens is 262 g/mol. The number of benzene rings is 1. The molecule has 3 nitrogen and oxygen atoms in total. The standard InChI is InChI=1S/C18H27NO2/c1-14(16-12-8-9-13-17(16)20)19(2)18(21)15-10-6-4-3-5-7-11-15/h8-9,12-15,20H,3-7,10-11H2,1-2H3. The molecule has 0 heterocycles. The van der Waals surface area contributed by atoms with Gasteiger partial charge in [-0.25, -0.2) is 0 Å². The molecule has 3 heteroatoms. The lowest BCUT2D eigenvalue weighted by atomic mass is 9.89. The van der Waals surface area contributed by atoms with Gasteiger partial charge in [-0.05, 0) is 25.8 Å². The lowest BCUT2D eigenvalue weighted by Crippen LogP contribution is -2.35. The second-order valence-corrected chi connectivity index (χ2v) is 6.23. The summed E-state index contributed by atoms with van der Waals surface area (Å²) in [5.74, 6) is 0.651. The molecule has 1 aromatic rings. The van der Waals surface area contributed by atoms with Crippen molar-refractivity contribution in [2.24, 2.45) is 5.92 Å². The Morgan fingerprint density at radius 2 is 1.71 bits per heavy atom. The molecule has 0 spiro atoms. The average Bonchev–Trinajstić information content (AvgIpc) is 2.45. The van der Waals surface area contributed by atoms with E-state index in [1.165, 1.54) is 19.3 Å². The van der Waals surface area contributed by atoms with E-state index in [9.17, 15) is 9.90 Å². The van der Waals surface area contributed by atoms with Gasteiger partial charge in [0.25, 0.3) is 0 Å². The van der Waals surface area contributed by atoms with Crippen LogP contribution < -0.4 is 0 Å². The monoisotopic (exact) mass is 289 g/mol. The van der Waals surface area contributed by atoms with Gasteiger partial charge in [0.05, 0.1) is 6.04 Å². The van der Waals surface area contributed by atoms with Gasteiger partial charge in [-0.3, -0.25) is 4.79 Å². The molecule has 1 amide bonds. The fourth-order valence-corrected chi connectivity index (χ4v) is 3.23. The number of amides is 1. The van der Waals surface area contributed by atoms with E-state index in [1.807, 2.05) is 32.2 Å². The zero-order chi connectivity index (χ0) is 15.2. The Balaban J connectivity index is 2.05. The molecule has 1 aliphatic carbocycles. The van der Waals surface area contributed by atoms with Crippen molar-refractivity contribution in [1.82, 2.24) is 4.90 Å². The van der Waals surface area contributed by atoms with E-state index in [0.717, 1.165) is 31.2 Å². The highest BCUT2D eigenvalue weighted by atomic mass is 16.3. The fourth-order valence-electron chi connectivity index (χ4n) is 3.23. The van der Waals surface area contributed by atoms with E-state index >= 15 is 0 Å². The predicted octanol–water partition coefficient (Wildman–Crippen LogP) is 4.27. The Morgan fingerprint density at radius 1 is 1.14 bits per heavy atom. The van der Waals surface area contributed by atoms with E-state index < -0.39 is 0 Å². The van der Waals surface area contributed by atoms with Crippen molar-refractivity contribution in [3.05, 3.63) is 29.8 Å². The summed E-state index contributed by atoms with van der Waals surface area (Å²) in [4.78, 5) is 14.5. The van der Waals surface area contributed by atoms with Crippen LogP contribution in [0.2, 0.25) is 0 Å². The molecule has 1 unspecified atom stereocenters. The molecule has 1 aliphatic rings. The number of aromatic hydroxyl groups is 1. The van der Waals surface area contributed by atoms with Gasteiger partial charge in [0.2, 0.25) is 5.91 Å². The van der Waals surface area contributed by atoms with Crippen molar-refractivity contribution in [2.45, 2.75) is 57.9 Å². The van der Waals surface area contributed by atoms with Crippen LogP contribution in [-0.2, 0) is 4.79 Å². The van der Waals surface area contributed by atoms with Gasteiger partial charge in [-0.15, -0.1) is 0 Å². The maximum atomic E-state index is 12.7. The zero-order valence-corrected chi connectivity index (χ0v) is 13.2. The Morgan fingerprint density at radius 3 is 2.33 bits per heavy atom. The van der Waals surface area contributed by atoms with Crippen LogP contribution >= 0.6 is 0 Å². The summed E-state index contributed by atoms with van der Waals surface area (Å²) in [5.41, 5.74) is 0.819. The van der Waals surface area contributed by atoms with Crippen LogP contribution in [0.25, 0.3) is 0 Å². The number of hydrogen-bond donors (Lipinski definition) is 1. The summed E-state index contributed by atoms with van der Waals surface area (Å²) < 4.78 is 0. The van der Waals surface area contributed by atoms with Gasteiger partial charge in [0.1, 0.15) is 5.75 Å². The SMILES string of the molecule is CC(c1ccccc1O)N(C)C(=O)C1CCCCCCC1. The molecular formula is C18H27NO2. The van der Waals surface area contributed by atoms with E-state index in [-0.39, 0.29) is 23.6 Å². The summed E-state index contributed by atoms with van der Waals surface area (Å²) in [6.07, 6.45) is 8.16. The molecule has 1 fully saturated rings. The summed E-state index contributed by atoms with van der Waals surface area (Å²) in [6.45, 7) is 1.98. The number of carbonyl (C=O) groups is 1. The van der Waals surface area contributed by atoms with Crippen LogP contribution in [0.5, 0.6) is 5.75 Å². The van der Waals surface area contributed by atoms with Crippen LogP contribution in [0.15, 0.2) is 24.3 Å². The predicted molar refractivity (Wildman–Crippen MR) is 85.1 cm³/mol. The van der Waals surface area contributed by atoms with Gasteiger partial charge in [0, 0.05) is 18.5 Å². The van der Waals surface area contributed by atoms with Crippen molar-refractivity contribution in [3.63, 3.8) is 0 Å². The van der Waals surface area contributed by atoms with Gasteiger partial charge in [-0.2, -0.15) is 0 Å². The van der Waals surface area contributed by atoms with Crippen LogP contribution in [0.4, 0.5) is 0 Å². The highest BCUT2D eigenvalue weighted by Crippen LogP contribution is 2.30. The third-order valence-electron chi connectivity index (χ3n) is 4.77. The molecule has 0 radical (unpaired) electrons. The molecule has 21 heavy (non-hydrogen) atoms. The number of nitrogens with zero attached hydrogens (tertiary/aromatic N) is 1. The Bertz CT molecular complexity index is 464. The topological polar surface area (TPSA) is 40.5 Å². The van der Waals surface area contributed by atoms with Crippen LogP contribution in [-0.4, -0.2) is 23.0 Å². The van der Waals surface area contributed by atoms with Crippen LogP contribution in [0, 0.1) is 5.92 Å². The lowest BCUT2D eigenvalue weighted by Gasteiger charge is -2.30. The largest absolute Gasteiger partial charge is 0.508 e. The number of para-hydroxylation sites is 1. The molecule has 0 aromatic heterocycles. The van der Waals surface area contributed by atoms with Crippen molar-refractivity contribution in [2.75, 3.05) is 7.05 Å². The molecule has 1 saturated carbocycles. The molecule has 2 rings (SSSR count). The Hall–Kier alpha value is -1.51. The summed E-state index contributed by atoms with van der Waals surface area (Å²) in [7, 11) is 1.86. The van der Waals surface area contributed by atoms with Crippen molar-refractivity contribution < 1.29 is 9.90 Å². The van der Waals surface area contributed by atoms with E-state index in [4.69, 9.17) is 0 Å².